The lowest BCUT2D eigenvalue weighted by Crippen LogP contribution is -2.43. The largest absolute Gasteiger partial charge is 0.339 e. The minimum absolute atomic E-state index is 0. The third-order valence-corrected chi connectivity index (χ3v) is 4.94. The van der Waals surface area contributed by atoms with Crippen molar-refractivity contribution in [1.29, 1.82) is 0 Å². The van der Waals surface area contributed by atoms with Gasteiger partial charge in [0.2, 0.25) is 5.91 Å². The number of nitrogens with one attached hydrogen (secondary N) is 1. The van der Waals surface area contributed by atoms with Gasteiger partial charge in [-0.05, 0) is 57.7 Å². The van der Waals surface area contributed by atoms with Gasteiger partial charge >= 0.3 is 0 Å². The summed E-state index contributed by atoms with van der Waals surface area (Å²) in [4.78, 5) is 14.9. The maximum Gasteiger partial charge on any atom is 0.226 e. The van der Waals surface area contributed by atoms with Crippen molar-refractivity contribution in [1.82, 2.24) is 10.2 Å². The van der Waals surface area contributed by atoms with E-state index in [0.29, 0.717) is 11.9 Å². The average Bonchev–Trinajstić information content (AvgIpc) is 2.98. The van der Waals surface area contributed by atoms with E-state index in [9.17, 15) is 4.79 Å². The molecule has 0 spiro atoms. The van der Waals surface area contributed by atoms with Crippen LogP contribution in [0.4, 0.5) is 0 Å². The molecule has 3 rings (SSSR count). The fourth-order valence-electron chi connectivity index (χ4n) is 3.64. The number of carbonyl (C=O) groups excluding carboxylic acids is 1. The average molecular weight is 323 g/mol. The molecule has 0 saturated carbocycles. The van der Waals surface area contributed by atoms with Crippen molar-refractivity contribution in [2.45, 2.75) is 45.1 Å². The molecule has 2 heterocycles. The van der Waals surface area contributed by atoms with Crippen molar-refractivity contribution < 1.29 is 4.79 Å². The second-order valence-electron chi connectivity index (χ2n) is 6.54. The van der Waals surface area contributed by atoms with Gasteiger partial charge in [0, 0.05) is 18.5 Å². The summed E-state index contributed by atoms with van der Waals surface area (Å²) in [6.07, 6.45) is 5.34. The quantitative estimate of drug-likeness (QED) is 0.928. The second-order valence-corrected chi connectivity index (χ2v) is 6.54. The van der Waals surface area contributed by atoms with Gasteiger partial charge in [-0.1, -0.05) is 29.8 Å². The van der Waals surface area contributed by atoms with Crippen LogP contribution in [0.5, 0.6) is 0 Å². The molecule has 1 unspecified atom stereocenters. The van der Waals surface area contributed by atoms with Crippen LogP contribution in [0.25, 0.3) is 0 Å². The predicted molar refractivity (Wildman–Crippen MR) is 92.5 cm³/mol. The van der Waals surface area contributed by atoms with E-state index in [4.69, 9.17) is 0 Å². The van der Waals surface area contributed by atoms with Crippen molar-refractivity contribution in [2.75, 3.05) is 19.6 Å². The first kappa shape index (κ1) is 17.3. The van der Waals surface area contributed by atoms with Gasteiger partial charge in [0.1, 0.15) is 0 Å². The van der Waals surface area contributed by atoms with Crippen LogP contribution >= 0.6 is 12.4 Å². The number of benzene rings is 1. The number of hydrogen-bond donors (Lipinski definition) is 1. The smallest absolute Gasteiger partial charge is 0.226 e. The lowest BCUT2D eigenvalue weighted by atomic mass is 9.95. The Bertz CT molecular complexity index is 482. The molecule has 2 fully saturated rings. The highest BCUT2D eigenvalue weighted by atomic mass is 35.5. The van der Waals surface area contributed by atoms with Gasteiger partial charge in [-0.2, -0.15) is 0 Å². The fraction of sp³-hybridized carbons (Fsp3) is 0.611. The minimum Gasteiger partial charge on any atom is -0.339 e. The zero-order chi connectivity index (χ0) is 14.7. The topological polar surface area (TPSA) is 32.3 Å². The highest BCUT2D eigenvalue weighted by Gasteiger charge is 2.33. The minimum atomic E-state index is 0. The molecule has 4 heteroatoms. The Balaban J connectivity index is 0.00000176. The van der Waals surface area contributed by atoms with Gasteiger partial charge in [0.15, 0.2) is 0 Å². The van der Waals surface area contributed by atoms with E-state index in [2.05, 4.69) is 41.4 Å². The normalized spacial score (nSPS) is 22.4. The molecule has 0 aromatic heterocycles. The molecule has 2 aliphatic rings. The Labute approximate surface area is 139 Å². The fourth-order valence-corrected chi connectivity index (χ4v) is 3.64. The Morgan fingerprint density at radius 1 is 1.18 bits per heavy atom. The maximum absolute atomic E-state index is 12.8. The lowest BCUT2D eigenvalue weighted by Gasteiger charge is -2.31. The number of amides is 1. The molecule has 22 heavy (non-hydrogen) atoms. The van der Waals surface area contributed by atoms with Crippen molar-refractivity contribution >= 4 is 18.3 Å². The molecule has 1 aromatic rings. The van der Waals surface area contributed by atoms with Gasteiger partial charge in [-0.25, -0.2) is 0 Å². The van der Waals surface area contributed by atoms with Crippen LogP contribution in [0, 0.1) is 12.8 Å². The third-order valence-electron chi connectivity index (χ3n) is 4.94. The van der Waals surface area contributed by atoms with E-state index in [1.54, 1.807) is 0 Å². The first-order chi connectivity index (χ1) is 10.2. The summed E-state index contributed by atoms with van der Waals surface area (Å²) in [5.74, 6) is 0.663. The number of nitrogens with zero attached hydrogens (tertiary/aromatic N) is 1. The first-order valence-electron chi connectivity index (χ1n) is 8.31. The van der Waals surface area contributed by atoms with E-state index in [-0.39, 0.29) is 18.3 Å². The molecule has 0 bridgehead atoms. The Morgan fingerprint density at radius 3 is 2.55 bits per heavy atom. The zero-order valence-corrected chi connectivity index (χ0v) is 14.2. The molecular weight excluding hydrogens is 296 g/mol. The Hall–Kier alpha value is -1.06. The van der Waals surface area contributed by atoms with Crippen LogP contribution in [0.3, 0.4) is 0 Å². The summed E-state index contributed by atoms with van der Waals surface area (Å²) in [5.41, 5.74) is 2.66. The zero-order valence-electron chi connectivity index (χ0n) is 13.4. The second kappa shape index (κ2) is 7.98. The number of hydrogen-bond acceptors (Lipinski definition) is 2. The summed E-state index contributed by atoms with van der Waals surface area (Å²) >= 11 is 0. The molecule has 3 nitrogen and oxygen atoms in total. The maximum atomic E-state index is 12.8. The van der Waals surface area contributed by atoms with Gasteiger partial charge in [0.05, 0.1) is 0 Å². The van der Waals surface area contributed by atoms with Crippen LogP contribution in [-0.4, -0.2) is 36.5 Å². The highest BCUT2D eigenvalue weighted by Crippen LogP contribution is 2.25. The van der Waals surface area contributed by atoms with Crippen molar-refractivity contribution in [3.63, 3.8) is 0 Å². The Morgan fingerprint density at radius 2 is 1.86 bits per heavy atom. The van der Waals surface area contributed by atoms with Crippen LogP contribution in [0.2, 0.25) is 0 Å². The summed E-state index contributed by atoms with van der Waals surface area (Å²) in [7, 11) is 0. The van der Waals surface area contributed by atoms with Gasteiger partial charge in [-0.3, -0.25) is 4.79 Å². The van der Waals surface area contributed by atoms with Crippen LogP contribution < -0.4 is 5.32 Å². The number of carbonyl (C=O) groups is 1. The molecule has 1 amide bonds. The van der Waals surface area contributed by atoms with E-state index in [1.807, 2.05) is 0 Å². The SMILES string of the molecule is Cc1ccc(CC2CCCN2C(=O)C2CCNCC2)cc1.Cl. The van der Waals surface area contributed by atoms with Crippen molar-refractivity contribution in [3.05, 3.63) is 35.4 Å². The lowest BCUT2D eigenvalue weighted by molar-refractivity contribution is -0.137. The third kappa shape index (κ3) is 4.02. The number of rotatable bonds is 3. The molecule has 1 aromatic carbocycles. The molecule has 2 saturated heterocycles. The number of likely N-dealkylation sites (tertiary alicyclic amines) is 1. The highest BCUT2D eigenvalue weighted by molar-refractivity contribution is 5.85. The standard InChI is InChI=1S/C18H26N2O.ClH/c1-14-4-6-15(7-5-14)13-17-3-2-12-20(17)18(21)16-8-10-19-11-9-16;/h4-7,16-17,19H,2-3,8-13H2,1H3;1H. The van der Waals surface area contributed by atoms with Gasteiger partial charge in [-0.15, -0.1) is 12.4 Å². The number of halogens is 1. The summed E-state index contributed by atoms with van der Waals surface area (Å²) < 4.78 is 0. The predicted octanol–water partition coefficient (Wildman–Crippen LogP) is 2.95. The van der Waals surface area contributed by atoms with E-state index >= 15 is 0 Å². The molecule has 0 radical (unpaired) electrons. The van der Waals surface area contributed by atoms with Gasteiger partial charge < -0.3 is 10.2 Å². The van der Waals surface area contributed by atoms with Crippen molar-refractivity contribution in [2.24, 2.45) is 5.92 Å². The van der Waals surface area contributed by atoms with Gasteiger partial charge in [0.25, 0.3) is 0 Å². The number of aryl methyl sites for hydroxylation is 1. The van der Waals surface area contributed by atoms with Crippen LogP contribution in [0.1, 0.15) is 36.8 Å². The number of piperidine rings is 1. The van der Waals surface area contributed by atoms with Crippen LogP contribution in [-0.2, 0) is 11.2 Å². The summed E-state index contributed by atoms with van der Waals surface area (Å²) in [5, 5.41) is 3.35. The monoisotopic (exact) mass is 322 g/mol. The molecule has 0 aliphatic carbocycles. The first-order valence-corrected chi connectivity index (χ1v) is 8.31. The molecule has 122 valence electrons. The molecular formula is C18H27ClN2O. The van der Waals surface area contributed by atoms with Crippen molar-refractivity contribution in [3.8, 4) is 0 Å². The summed E-state index contributed by atoms with van der Waals surface area (Å²) in [6, 6.07) is 9.17. The summed E-state index contributed by atoms with van der Waals surface area (Å²) in [6.45, 7) is 5.06. The Kier molecular flexibility index (Phi) is 6.27. The molecule has 2 aliphatic heterocycles. The van der Waals surface area contributed by atoms with E-state index in [1.165, 1.54) is 11.1 Å². The van der Waals surface area contributed by atoms with Crippen LogP contribution in [0.15, 0.2) is 24.3 Å². The molecule has 1 N–H and O–H groups in total. The van der Waals surface area contributed by atoms with E-state index in [0.717, 1.165) is 51.7 Å². The van der Waals surface area contributed by atoms with E-state index < -0.39 is 0 Å². The molecule has 1 atom stereocenters.